The minimum Gasteiger partial charge on any atom is -0.508 e. The summed E-state index contributed by atoms with van der Waals surface area (Å²) in [6, 6.07) is 5.45. The van der Waals surface area contributed by atoms with Crippen LogP contribution in [0.15, 0.2) is 56.4 Å². The van der Waals surface area contributed by atoms with Gasteiger partial charge in [0.1, 0.15) is 27.8 Å². The van der Waals surface area contributed by atoms with Gasteiger partial charge in [-0.3, -0.25) is 9.11 Å². The minimum atomic E-state index is -4.75. The summed E-state index contributed by atoms with van der Waals surface area (Å²) >= 11 is 0. The fourth-order valence-electron chi connectivity index (χ4n) is 1.66. The molecule has 10 nitrogen and oxygen atoms in total. The van der Waals surface area contributed by atoms with Gasteiger partial charge in [-0.25, -0.2) is 0 Å². The molecule has 0 saturated heterocycles. The molecular weight excluding hydrogens is 364 g/mol. The number of aromatic hydroxyl groups is 2. The van der Waals surface area contributed by atoms with Gasteiger partial charge in [0, 0.05) is 6.07 Å². The molecule has 0 atom stereocenters. The maximum Gasteiger partial charge on any atom is 0.296 e. The molecule has 0 saturated carbocycles. The van der Waals surface area contributed by atoms with Gasteiger partial charge < -0.3 is 10.2 Å². The van der Waals surface area contributed by atoms with Gasteiger partial charge in [-0.1, -0.05) is 0 Å². The smallest absolute Gasteiger partial charge is 0.296 e. The van der Waals surface area contributed by atoms with Crippen molar-refractivity contribution >= 4 is 31.6 Å². The van der Waals surface area contributed by atoms with Crippen molar-refractivity contribution in [2.24, 2.45) is 10.2 Å². The first-order chi connectivity index (χ1) is 11.0. The third-order valence-corrected chi connectivity index (χ3v) is 4.48. The van der Waals surface area contributed by atoms with Gasteiger partial charge in [0.15, 0.2) is 0 Å². The Hall–Kier alpha value is -2.54. The predicted molar refractivity (Wildman–Crippen MR) is 80.0 cm³/mol. The van der Waals surface area contributed by atoms with Crippen LogP contribution in [0.1, 0.15) is 0 Å². The number of azo groups is 1. The zero-order chi connectivity index (χ0) is 18.1. The lowest BCUT2D eigenvalue weighted by Crippen LogP contribution is -2.02. The average Bonchev–Trinajstić information content (AvgIpc) is 2.44. The molecule has 0 spiro atoms. The second-order valence-electron chi connectivity index (χ2n) is 4.45. The van der Waals surface area contributed by atoms with E-state index in [1.165, 1.54) is 6.07 Å². The van der Waals surface area contributed by atoms with E-state index in [9.17, 15) is 21.9 Å². The summed E-state index contributed by atoms with van der Waals surface area (Å²) in [6.07, 6.45) is 0. The van der Waals surface area contributed by atoms with Crippen molar-refractivity contribution in [3.8, 4) is 11.5 Å². The highest BCUT2D eigenvalue weighted by molar-refractivity contribution is 7.86. The van der Waals surface area contributed by atoms with Crippen molar-refractivity contribution < 1.29 is 36.2 Å². The molecule has 0 aliphatic carbocycles. The minimum absolute atomic E-state index is 0.161. The molecule has 2 aromatic rings. The zero-order valence-electron chi connectivity index (χ0n) is 11.6. The van der Waals surface area contributed by atoms with E-state index in [2.05, 4.69) is 10.2 Å². The van der Waals surface area contributed by atoms with E-state index in [1.54, 1.807) is 0 Å². The van der Waals surface area contributed by atoms with Crippen molar-refractivity contribution in [2.45, 2.75) is 9.79 Å². The van der Waals surface area contributed by atoms with Crippen LogP contribution in [0.2, 0.25) is 0 Å². The zero-order valence-corrected chi connectivity index (χ0v) is 13.2. The standard InChI is InChI=1S/C12H10N2O8S2/c15-7-1-3-9(11(16)5-7)13-14-10-6-8(23(17,18)19)2-4-12(10)24(20,21)22/h1-6,15-16H,(H,17,18,19)(H,20,21,22). The van der Waals surface area contributed by atoms with Crippen LogP contribution in [0, 0.1) is 0 Å². The van der Waals surface area contributed by atoms with E-state index >= 15 is 0 Å². The fourth-order valence-corrected chi connectivity index (χ4v) is 2.76. The fraction of sp³-hybridized carbons (Fsp3) is 0. The van der Waals surface area contributed by atoms with Crippen molar-refractivity contribution in [1.82, 2.24) is 0 Å². The molecule has 4 N–H and O–H groups in total. The highest BCUT2D eigenvalue weighted by atomic mass is 32.2. The van der Waals surface area contributed by atoms with E-state index in [-0.39, 0.29) is 11.4 Å². The molecule has 12 heteroatoms. The maximum atomic E-state index is 11.3. The number of hydrogen-bond donors (Lipinski definition) is 4. The van der Waals surface area contributed by atoms with Crippen molar-refractivity contribution in [3.63, 3.8) is 0 Å². The Kier molecular flexibility index (Phi) is 4.57. The van der Waals surface area contributed by atoms with Gasteiger partial charge in [0.25, 0.3) is 20.2 Å². The normalized spacial score (nSPS) is 12.6. The van der Waals surface area contributed by atoms with E-state index in [1.807, 2.05) is 0 Å². The molecule has 0 amide bonds. The Labute approximate surface area is 136 Å². The topological polar surface area (TPSA) is 174 Å². The SMILES string of the molecule is O=S(=O)(O)c1ccc(S(=O)(=O)O)c(N=Nc2ccc(O)cc2O)c1. The summed E-state index contributed by atoms with van der Waals surface area (Å²) in [5, 5.41) is 25.7. The van der Waals surface area contributed by atoms with Gasteiger partial charge in [0.05, 0.1) is 4.90 Å². The number of hydrogen-bond acceptors (Lipinski definition) is 8. The van der Waals surface area contributed by atoms with Crippen LogP contribution in [0.25, 0.3) is 0 Å². The highest BCUT2D eigenvalue weighted by Crippen LogP contribution is 2.33. The second-order valence-corrected chi connectivity index (χ2v) is 7.26. The summed E-state index contributed by atoms with van der Waals surface area (Å²) in [5.74, 6) is -0.725. The summed E-state index contributed by atoms with van der Waals surface area (Å²) in [5.41, 5.74) is -0.744. The Morgan fingerprint density at radius 3 is 1.92 bits per heavy atom. The summed E-state index contributed by atoms with van der Waals surface area (Å²) in [7, 11) is -9.39. The van der Waals surface area contributed by atoms with E-state index < -0.39 is 41.5 Å². The molecule has 2 rings (SSSR count). The Bertz CT molecular complexity index is 1030. The number of nitrogens with zero attached hydrogens (tertiary/aromatic N) is 2. The Morgan fingerprint density at radius 1 is 0.750 bits per heavy atom. The highest BCUT2D eigenvalue weighted by Gasteiger charge is 2.20. The summed E-state index contributed by atoms with van der Waals surface area (Å²) < 4.78 is 62.9. The lowest BCUT2D eigenvalue weighted by Gasteiger charge is -2.04. The van der Waals surface area contributed by atoms with Crippen molar-refractivity contribution in [3.05, 3.63) is 36.4 Å². The third-order valence-electron chi connectivity index (χ3n) is 2.73. The van der Waals surface area contributed by atoms with Gasteiger partial charge >= 0.3 is 0 Å². The lowest BCUT2D eigenvalue weighted by molar-refractivity contribution is 0.451. The summed E-state index contributed by atoms with van der Waals surface area (Å²) in [6.45, 7) is 0. The molecular formula is C12H10N2O8S2. The molecule has 0 bridgehead atoms. The molecule has 2 aromatic carbocycles. The Balaban J connectivity index is 2.60. The van der Waals surface area contributed by atoms with Crippen molar-refractivity contribution in [1.29, 1.82) is 0 Å². The lowest BCUT2D eigenvalue weighted by atomic mass is 10.3. The number of rotatable bonds is 4. The molecule has 0 heterocycles. The number of phenols is 2. The van der Waals surface area contributed by atoms with Gasteiger partial charge in [-0.2, -0.15) is 16.8 Å². The first-order valence-electron chi connectivity index (χ1n) is 6.01. The molecule has 0 aromatic heterocycles. The van der Waals surface area contributed by atoms with Crippen LogP contribution >= 0.6 is 0 Å². The first kappa shape index (κ1) is 17.8. The molecule has 0 aliphatic rings. The van der Waals surface area contributed by atoms with Crippen molar-refractivity contribution in [2.75, 3.05) is 0 Å². The summed E-state index contributed by atoms with van der Waals surface area (Å²) in [4.78, 5) is -1.42. The quantitative estimate of drug-likeness (QED) is 0.464. The van der Waals surface area contributed by atoms with Crippen LogP contribution in [0.3, 0.4) is 0 Å². The van der Waals surface area contributed by atoms with E-state index in [0.717, 1.165) is 24.3 Å². The third kappa shape index (κ3) is 4.05. The van der Waals surface area contributed by atoms with Crippen LogP contribution in [-0.4, -0.2) is 36.2 Å². The maximum absolute atomic E-state index is 11.3. The van der Waals surface area contributed by atoms with Crippen LogP contribution in [0.4, 0.5) is 11.4 Å². The largest absolute Gasteiger partial charge is 0.508 e. The van der Waals surface area contributed by atoms with Gasteiger partial charge in [-0.15, -0.1) is 10.2 Å². The van der Waals surface area contributed by atoms with Crippen LogP contribution in [-0.2, 0) is 20.2 Å². The van der Waals surface area contributed by atoms with Crippen LogP contribution < -0.4 is 0 Å². The molecule has 0 fully saturated rings. The average molecular weight is 374 g/mol. The van der Waals surface area contributed by atoms with Gasteiger partial charge in [-0.05, 0) is 30.3 Å². The predicted octanol–water partition coefficient (Wildman–Crippen LogP) is 2.01. The molecule has 0 radical (unpaired) electrons. The molecule has 0 aliphatic heterocycles. The first-order valence-corrected chi connectivity index (χ1v) is 8.89. The molecule has 0 unspecified atom stereocenters. The Morgan fingerprint density at radius 2 is 1.38 bits per heavy atom. The van der Waals surface area contributed by atoms with E-state index in [4.69, 9.17) is 14.2 Å². The van der Waals surface area contributed by atoms with Crippen LogP contribution in [0.5, 0.6) is 11.5 Å². The monoisotopic (exact) mass is 374 g/mol. The molecule has 24 heavy (non-hydrogen) atoms. The molecule has 128 valence electrons. The number of benzene rings is 2. The van der Waals surface area contributed by atoms with Gasteiger partial charge in [0.2, 0.25) is 0 Å². The van der Waals surface area contributed by atoms with E-state index in [0.29, 0.717) is 6.07 Å². The number of phenolic OH excluding ortho intramolecular Hbond substituents is 2. The second kappa shape index (κ2) is 6.16.